The van der Waals surface area contributed by atoms with E-state index in [1.165, 1.54) is 12.8 Å². The summed E-state index contributed by atoms with van der Waals surface area (Å²) in [6.07, 6.45) is 8.21. The lowest BCUT2D eigenvalue weighted by molar-refractivity contribution is -0.125. The SMILES string of the molecule is CC1CCC(OCCC(C)(NC2CC2)C(N)=O)CC1. The van der Waals surface area contributed by atoms with Crippen LogP contribution < -0.4 is 11.1 Å². The molecule has 0 aromatic rings. The van der Waals surface area contributed by atoms with Gasteiger partial charge in [-0.2, -0.15) is 0 Å². The van der Waals surface area contributed by atoms with Crippen molar-refractivity contribution in [3.8, 4) is 0 Å². The lowest BCUT2D eigenvalue weighted by Gasteiger charge is -2.30. The molecule has 19 heavy (non-hydrogen) atoms. The Morgan fingerprint density at radius 2 is 1.89 bits per heavy atom. The van der Waals surface area contributed by atoms with Crippen LogP contribution in [0.3, 0.4) is 0 Å². The van der Waals surface area contributed by atoms with Gasteiger partial charge in [0, 0.05) is 12.6 Å². The summed E-state index contributed by atoms with van der Waals surface area (Å²) >= 11 is 0. The number of amides is 1. The van der Waals surface area contributed by atoms with Crippen LogP contribution in [-0.2, 0) is 9.53 Å². The molecule has 0 saturated heterocycles. The van der Waals surface area contributed by atoms with Crippen LogP contribution in [0.25, 0.3) is 0 Å². The minimum atomic E-state index is -0.608. The molecule has 4 heteroatoms. The van der Waals surface area contributed by atoms with Gasteiger partial charge in [-0.1, -0.05) is 6.92 Å². The van der Waals surface area contributed by atoms with Crippen LogP contribution >= 0.6 is 0 Å². The van der Waals surface area contributed by atoms with E-state index in [0.717, 1.165) is 31.6 Å². The third kappa shape index (κ3) is 4.46. The number of rotatable bonds is 7. The summed E-state index contributed by atoms with van der Waals surface area (Å²) in [6, 6.07) is 0.480. The largest absolute Gasteiger partial charge is 0.378 e. The molecule has 0 spiro atoms. The molecule has 2 aliphatic rings. The smallest absolute Gasteiger partial charge is 0.237 e. The molecule has 4 nitrogen and oxygen atoms in total. The Morgan fingerprint density at radius 1 is 1.26 bits per heavy atom. The van der Waals surface area contributed by atoms with E-state index >= 15 is 0 Å². The molecule has 1 unspecified atom stereocenters. The Balaban J connectivity index is 1.71. The van der Waals surface area contributed by atoms with Gasteiger partial charge in [-0.3, -0.25) is 4.79 Å². The van der Waals surface area contributed by atoms with Crippen LogP contribution in [0.4, 0.5) is 0 Å². The van der Waals surface area contributed by atoms with Gasteiger partial charge in [0.05, 0.1) is 11.6 Å². The lowest BCUT2D eigenvalue weighted by atomic mass is 9.89. The van der Waals surface area contributed by atoms with E-state index in [9.17, 15) is 4.79 Å². The zero-order chi connectivity index (χ0) is 13.9. The van der Waals surface area contributed by atoms with Crippen molar-refractivity contribution in [1.29, 1.82) is 0 Å². The van der Waals surface area contributed by atoms with E-state index in [4.69, 9.17) is 10.5 Å². The molecule has 0 bridgehead atoms. The van der Waals surface area contributed by atoms with Crippen LogP contribution in [0.5, 0.6) is 0 Å². The van der Waals surface area contributed by atoms with E-state index in [1.54, 1.807) is 0 Å². The van der Waals surface area contributed by atoms with Gasteiger partial charge >= 0.3 is 0 Å². The second-order valence-electron chi connectivity index (χ2n) is 6.62. The molecular formula is C15H28N2O2. The minimum Gasteiger partial charge on any atom is -0.378 e. The topological polar surface area (TPSA) is 64.3 Å². The average molecular weight is 268 g/mol. The van der Waals surface area contributed by atoms with Crippen molar-refractivity contribution in [3.63, 3.8) is 0 Å². The summed E-state index contributed by atoms with van der Waals surface area (Å²) in [5, 5.41) is 3.36. The van der Waals surface area contributed by atoms with Gasteiger partial charge < -0.3 is 15.8 Å². The van der Waals surface area contributed by atoms with Crippen molar-refractivity contribution in [2.45, 2.75) is 76.5 Å². The number of carbonyl (C=O) groups excluding carboxylic acids is 1. The highest BCUT2D eigenvalue weighted by atomic mass is 16.5. The molecule has 2 rings (SSSR count). The maximum atomic E-state index is 11.6. The van der Waals surface area contributed by atoms with E-state index < -0.39 is 5.54 Å². The quantitative estimate of drug-likeness (QED) is 0.742. The van der Waals surface area contributed by atoms with E-state index in [2.05, 4.69) is 12.2 Å². The fourth-order valence-corrected chi connectivity index (χ4v) is 2.77. The predicted molar refractivity (Wildman–Crippen MR) is 75.7 cm³/mol. The highest BCUT2D eigenvalue weighted by Crippen LogP contribution is 2.27. The number of primary amides is 1. The zero-order valence-electron chi connectivity index (χ0n) is 12.3. The second kappa shape index (κ2) is 6.23. The summed E-state index contributed by atoms with van der Waals surface area (Å²) in [6.45, 7) is 4.83. The summed E-state index contributed by atoms with van der Waals surface area (Å²) in [7, 11) is 0. The van der Waals surface area contributed by atoms with Gasteiger partial charge in [-0.25, -0.2) is 0 Å². The predicted octanol–water partition coefficient (Wildman–Crippen LogP) is 1.97. The van der Waals surface area contributed by atoms with Crippen LogP contribution in [0.1, 0.15) is 58.8 Å². The number of nitrogens with one attached hydrogen (secondary N) is 1. The maximum Gasteiger partial charge on any atom is 0.237 e. The first-order valence-corrected chi connectivity index (χ1v) is 7.69. The van der Waals surface area contributed by atoms with Gasteiger partial charge in [0.2, 0.25) is 5.91 Å². The van der Waals surface area contributed by atoms with Crippen molar-refractivity contribution in [2.75, 3.05) is 6.61 Å². The first kappa shape index (κ1) is 14.8. The molecule has 2 saturated carbocycles. The van der Waals surface area contributed by atoms with Gasteiger partial charge in [0.15, 0.2) is 0 Å². The van der Waals surface area contributed by atoms with Crippen molar-refractivity contribution in [1.82, 2.24) is 5.32 Å². The van der Waals surface area contributed by atoms with Crippen LogP contribution in [-0.4, -0.2) is 30.2 Å². The molecule has 0 aromatic carbocycles. The number of nitrogens with two attached hydrogens (primary N) is 1. The molecule has 3 N–H and O–H groups in total. The van der Waals surface area contributed by atoms with Gasteiger partial charge in [-0.15, -0.1) is 0 Å². The van der Waals surface area contributed by atoms with Gasteiger partial charge in [0.25, 0.3) is 0 Å². The Morgan fingerprint density at radius 3 is 2.42 bits per heavy atom. The fraction of sp³-hybridized carbons (Fsp3) is 0.933. The van der Waals surface area contributed by atoms with Crippen molar-refractivity contribution < 1.29 is 9.53 Å². The summed E-state index contributed by atoms with van der Waals surface area (Å²) < 4.78 is 5.93. The third-order valence-electron chi connectivity index (χ3n) is 4.56. The van der Waals surface area contributed by atoms with E-state index in [1.807, 2.05) is 6.92 Å². The molecule has 0 aromatic heterocycles. The number of hydrogen-bond donors (Lipinski definition) is 2. The van der Waals surface area contributed by atoms with Crippen LogP contribution in [0, 0.1) is 5.92 Å². The first-order chi connectivity index (χ1) is 8.99. The molecule has 0 aliphatic heterocycles. The molecular weight excluding hydrogens is 240 g/mol. The van der Waals surface area contributed by atoms with Crippen molar-refractivity contribution in [3.05, 3.63) is 0 Å². The molecule has 2 fully saturated rings. The molecule has 2 aliphatic carbocycles. The van der Waals surface area contributed by atoms with Gasteiger partial charge in [0.1, 0.15) is 0 Å². The lowest BCUT2D eigenvalue weighted by Crippen LogP contribution is -2.54. The van der Waals surface area contributed by atoms with E-state index in [-0.39, 0.29) is 5.91 Å². The third-order valence-corrected chi connectivity index (χ3v) is 4.56. The van der Waals surface area contributed by atoms with Crippen molar-refractivity contribution in [2.24, 2.45) is 11.7 Å². The Labute approximate surface area is 116 Å². The van der Waals surface area contributed by atoms with Gasteiger partial charge in [-0.05, 0) is 57.8 Å². The number of carbonyl (C=O) groups is 1. The molecule has 0 heterocycles. The Kier molecular flexibility index (Phi) is 4.85. The Bertz CT molecular complexity index is 309. The molecule has 1 amide bonds. The number of hydrogen-bond acceptors (Lipinski definition) is 3. The highest BCUT2D eigenvalue weighted by molar-refractivity contribution is 5.84. The van der Waals surface area contributed by atoms with Crippen LogP contribution in [0.15, 0.2) is 0 Å². The number of ether oxygens (including phenoxy) is 1. The molecule has 110 valence electrons. The summed E-state index contributed by atoms with van der Waals surface area (Å²) in [4.78, 5) is 11.6. The second-order valence-corrected chi connectivity index (χ2v) is 6.62. The normalized spacial score (nSPS) is 30.8. The highest BCUT2D eigenvalue weighted by Gasteiger charge is 2.36. The standard InChI is InChI=1S/C15H28N2O2/c1-11-3-7-13(8-4-11)19-10-9-15(2,14(16)18)17-12-5-6-12/h11-13,17H,3-10H2,1-2H3,(H2,16,18). The minimum absolute atomic E-state index is 0.264. The zero-order valence-corrected chi connectivity index (χ0v) is 12.3. The van der Waals surface area contributed by atoms with Crippen molar-refractivity contribution >= 4 is 5.91 Å². The summed E-state index contributed by atoms with van der Waals surface area (Å²) in [5.41, 5.74) is 4.92. The maximum absolute atomic E-state index is 11.6. The first-order valence-electron chi connectivity index (χ1n) is 7.69. The molecule has 0 radical (unpaired) electrons. The monoisotopic (exact) mass is 268 g/mol. The fourth-order valence-electron chi connectivity index (χ4n) is 2.77. The average Bonchev–Trinajstić information content (AvgIpc) is 3.15. The Hall–Kier alpha value is -0.610. The molecule has 1 atom stereocenters. The summed E-state index contributed by atoms with van der Waals surface area (Å²) in [5.74, 6) is 0.576. The van der Waals surface area contributed by atoms with Crippen LogP contribution in [0.2, 0.25) is 0 Å². The van der Waals surface area contributed by atoms with E-state index in [0.29, 0.717) is 25.2 Å².